The quantitative estimate of drug-likeness (QED) is 0.818. The second kappa shape index (κ2) is 7.15. The number of aromatic hydroxyl groups is 1. The molecule has 0 fully saturated rings. The first-order valence-electron chi connectivity index (χ1n) is 8.24. The minimum Gasteiger partial charge on any atom is -0.502 e. The first-order valence-corrected chi connectivity index (χ1v) is 8.24. The van der Waals surface area contributed by atoms with Gasteiger partial charge in [-0.25, -0.2) is 4.39 Å². The summed E-state index contributed by atoms with van der Waals surface area (Å²) in [7, 11) is 2.88. The minimum atomic E-state index is -0.978. The molecule has 2 N–H and O–H groups in total. The Kier molecular flexibility index (Phi) is 4.90. The van der Waals surface area contributed by atoms with Crippen LogP contribution in [0.4, 0.5) is 4.39 Å². The molecule has 1 aliphatic rings. The van der Waals surface area contributed by atoms with Crippen molar-refractivity contribution >= 4 is 23.2 Å². The predicted molar refractivity (Wildman–Crippen MR) is 100 cm³/mol. The molecule has 2 aromatic rings. The maximum absolute atomic E-state index is 13.7. The first-order chi connectivity index (χ1) is 12.8. The maximum Gasteiger partial charge on any atom is 0.307 e. The van der Waals surface area contributed by atoms with Crippen LogP contribution in [0, 0.1) is 5.82 Å². The Balaban J connectivity index is 2.19. The topological polar surface area (TPSA) is 76.0 Å². The van der Waals surface area contributed by atoms with Crippen molar-refractivity contribution < 1.29 is 28.9 Å². The molecular formula is C21H19FO5. The van der Waals surface area contributed by atoms with Crippen LogP contribution in [0.2, 0.25) is 0 Å². The summed E-state index contributed by atoms with van der Waals surface area (Å²) in [5, 5.41) is 19.3. The van der Waals surface area contributed by atoms with E-state index in [0.717, 1.165) is 16.7 Å². The Labute approximate surface area is 156 Å². The van der Waals surface area contributed by atoms with Gasteiger partial charge in [-0.15, -0.1) is 0 Å². The number of hydrogen-bond donors (Lipinski definition) is 2. The van der Waals surface area contributed by atoms with Gasteiger partial charge in [0.2, 0.25) is 5.75 Å². The largest absolute Gasteiger partial charge is 0.502 e. The molecule has 3 rings (SSSR count). The van der Waals surface area contributed by atoms with E-state index in [1.54, 1.807) is 18.2 Å². The third-order valence-electron chi connectivity index (χ3n) is 4.59. The van der Waals surface area contributed by atoms with E-state index in [2.05, 4.69) is 0 Å². The number of aliphatic carboxylic acids is 1. The molecule has 0 aromatic heterocycles. The molecule has 1 aliphatic carbocycles. The number of phenolic OH excluding ortho intramolecular Hbond substituents is 1. The standard InChI is InChI=1S/C21H19FO5/c1-11-15(6-12-7-18(26-2)21(25)19(8-12)27-3)14-5-4-13(22)9-17(14)16(11)10-20(23)24/h4-9,25H,10H2,1-3H3,(H,23,24)/b15-6+. The van der Waals surface area contributed by atoms with Crippen molar-refractivity contribution in [2.24, 2.45) is 0 Å². The number of benzene rings is 2. The van der Waals surface area contributed by atoms with Gasteiger partial charge >= 0.3 is 5.97 Å². The smallest absolute Gasteiger partial charge is 0.307 e. The molecule has 0 heterocycles. The van der Waals surface area contributed by atoms with Crippen molar-refractivity contribution in [3.8, 4) is 17.2 Å². The van der Waals surface area contributed by atoms with Gasteiger partial charge in [0, 0.05) is 0 Å². The van der Waals surface area contributed by atoms with Crippen LogP contribution in [0.15, 0.2) is 35.9 Å². The Hall–Kier alpha value is -3.28. The molecule has 140 valence electrons. The molecule has 0 saturated carbocycles. The summed E-state index contributed by atoms with van der Waals surface area (Å²) in [6, 6.07) is 7.65. The van der Waals surface area contributed by atoms with Gasteiger partial charge in [-0.3, -0.25) is 4.79 Å². The molecule has 0 aliphatic heterocycles. The molecule has 5 nitrogen and oxygen atoms in total. The van der Waals surface area contributed by atoms with Gasteiger partial charge in [-0.1, -0.05) is 6.07 Å². The van der Waals surface area contributed by atoms with Crippen LogP contribution in [0.1, 0.15) is 30.0 Å². The number of carboxylic acids is 1. The van der Waals surface area contributed by atoms with E-state index < -0.39 is 11.8 Å². The molecular weight excluding hydrogens is 351 g/mol. The number of rotatable bonds is 5. The number of allylic oxidation sites excluding steroid dienone is 2. The van der Waals surface area contributed by atoms with Crippen LogP contribution in [0.3, 0.4) is 0 Å². The van der Waals surface area contributed by atoms with Gasteiger partial charge in [0.15, 0.2) is 11.5 Å². The molecule has 0 bridgehead atoms. The summed E-state index contributed by atoms with van der Waals surface area (Å²) in [5.74, 6) is -0.987. The molecule has 0 saturated heterocycles. The Bertz CT molecular complexity index is 963. The number of phenols is 1. The summed E-state index contributed by atoms with van der Waals surface area (Å²) < 4.78 is 24.1. The van der Waals surface area contributed by atoms with Gasteiger partial charge in [0.05, 0.1) is 20.6 Å². The van der Waals surface area contributed by atoms with E-state index in [1.165, 1.54) is 26.4 Å². The van der Waals surface area contributed by atoms with Crippen molar-refractivity contribution in [2.75, 3.05) is 14.2 Å². The summed E-state index contributed by atoms with van der Waals surface area (Å²) in [4.78, 5) is 11.3. The highest BCUT2D eigenvalue weighted by atomic mass is 19.1. The average molecular weight is 370 g/mol. The molecule has 0 spiro atoms. The number of carbonyl (C=O) groups is 1. The Morgan fingerprint density at radius 3 is 2.30 bits per heavy atom. The van der Waals surface area contributed by atoms with Crippen molar-refractivity contribution in [2.45, 2.75) is 13.3 Å². The Morgan fingerprint density at radius 2 is 1.74 bits per heavy atom. The number of hydrogen-bond acceptors (Lipinski definition) is 4. The fraction of sp³-hybridized carbons (Fsp3) is 0.190. The molecule has 6 heteroatoms. The summed E-state index contributed by atoms with van der Waals surface area (Å²) in [5.41, 5.74) is 4.18. The lowest BCUT2D eigenvalue weighted by Gasteiger charge is -2.11. The summed E-state index contributed by atoms with van der Waals surface area (Å²) in [6.07, 6.45) is 1.65. The van der Waals surface area contributed by atoms with Crippen LogP contribution in [-0.4, -0.2) is 30.4 Å². The second-order valence-electron chi connectivity index (χ2n) is 6.20. The SMILES string of the molecule is COc1cc(/C=C2\C(C)=C(CC(=O)O)c3cc(F)ccc32)cc(OC)c1O. The van der Waals surface area contributed by atoms with Gasteiger partial charge in [-0.05, 0) is 70.7 Å². The molecule has 0 radical (unpaired) electrons. The lowest BCUT2D eigenvalue weighted by molar-refractivity contribution is -0.135. The zero-order valence-corrected chi connectivity index (χ0v) is 15.2. The van der Waals surface area contributed by atoms with Crippen LogP contribution in [0.5, 0.6) is 17.2 Å². The zero-order valence-electron chi connectivity index (χ0n) is 15.2. The first kappa shape index (κ1) is 18.5. The fourth-order valence-electron chi connectivity index (χ4n) is 3.30. The maximum atomic E-state index is 13.7. The van der Waals surface area contributed by atoms with Crippen molar-refractivity contribution in [3.05, 3.63) is 58.4 Å². The number of halogens is 1. The number of ether oxygens (including phenoxy) is 2. The highest BCUT2D eigenvalue weighted by Crippen LogP contribution is 2.45. The van der Waals surface area contributed by atoms with Crippen LogP contribution in [-0.2, 0) is 4.79 Å². The zero-order chi connectivity index (χ0) is 19.7. The van der Waals surface area contributed by atoms with E-state index in [1.807, 2.05) is 13.0 Å². The van der Waals surface area contributed by atoms with Crippen molar-refractivity contribution in [1.29, 1.82) is 0 Å². The number of fused-ring (bicyclic) bond motifs is 1. The van der Waals surface area contributed by atoms with E-state index >= 15 is 0 Å². The normalized spacial score (nSPS) is 14.4. The van der Waals surface area contributed by atoms with Gasteiger partial charge in [0.25, 0.3) is 0 Å². The van der Waals surface area contributed by atoms with Gasteiger partial charge < -0.3 is 19.7 Å². The number of methoxy groups -OCH3 is 2. The van der Waals surface area contributed by atoms with Gasteiger partial charge in [-0.2, -0.15) is 0 Å². The van der Waals surface area contributed by atoms with Crippen molar-refractivity contribution in [1.82, 2.24) is 0 Å². The van der Waals surface area contributed by atoms with Crippen LogP contribution in [0.25, 0.3) is 17.2 Å². The van der Waals surface area contributed by atoms with Crippen molar-refractivity contribution in [3.63, 3.8) is 0 Å². The second-order valence-corrected chi connectivity index (χ2v) is 6.20. The summed E-state index contributed by atoms with van der Waals surface area (Å²) in [6.45, 7) is 1.82. The third-order valence-corrected chi connectivity index (χ3v) is 4.59. The highest BCUT2D eigenvalue weighted by Gasteiger charge is 2.26. The fourth-order valence-corrected chi connectivity index (χ4v) is 3.30. The van der Waals surface area contributed by atoms with Crippen LogP contribution >= 0.6 is 0 Å². The van der Waals surface area contributed by atoms with E-state index in [4.69, 9.17) is 9.47 Å². The molecule has 0 amide bonds. The van der Waals surface area contributed by atoms with E-state index in [-0.39, 0.29) is 23.7 Å². The lowest BCUT2D eigenvalue weighted by atomic mass is 10.00. The molecule has 0 unspecified atom stereocenters. The third kappa shape index (κ3) is 3.38. The molecule has 0 atom stereocenters. The lowest BCUT2D eigenvalue weighted by Crippen LogP contribution is -1.97. The van der Waals surface area contributed by atoms with E-state index in [9.17, 15) is 19.4 Å². The molecule has 27 heavy (non-hydrogen) atoms. The molecule has 2 aromatic carbocycles. The highest BCUT2D eigenvalue weighted by molar-refractivity contribution is 6.07. The van der Waals surface area contributed by atoms with Crippen LogP contribution < -0.4 is 9.47 Å². The number of carboxylic acid groups (broad SMARTS) is 1. The Morgan fingerprint density at radius 1 is 1.11 bits per heavy atom. The monoisotopic (exact) mass is 370 g/mol. The minimum absolute atomic E-state index is 0.102. The van der Waals surface area contributed by atoms with E-state index in [0.29, 0.717) is 16.7 Å². The summed E-state index contributed by atoms with van der Waals surface area (Å²) >= 11 is 0. The average Bonchev–Trinajstić information content (AvgIpc) is 2.87. The van der Waals surface area contributed by atoms with Gasteiger partial charge in [0.1, 0.15) is 5.82 Å². The predicted octanol–water partition coefficient (Wildman–Crippen LogP) is 4.35.